The van der Waals surface area contributed by atoms with E-state index in [1.165, 1.54) is 12.1 Å². The van der Waals surface area contributed by atoms with Gasteiger partial charge in [-0.1, -0.05) is 35.3 Å². The van der Waals surface area contributed by atoms with E-state index in [0.29, 0.717) is 26.9 Å². The predicted octanol–water partition coefficient (Wildman–Crippen LogP) is 6.28. The van der Waals surface area contributed by atoms with Crippen molar-refractivity contribution in [3.63, 3.8) is 0 Å². The lowest BCUT2D eigenvalue weighted by Gasteiger charge is -2.47. The Morgan fingerprint density at radius 3 is 2.52 bits per heavy atom. The van der Waals surface area contributed by atoms with Gasteiger partial charge in [0.05, 0.1) is 6.04 Å². The van der Waals surface area contributed by atoms with Crippen molar-refractivity contribution < 1.29 is 14.0 Å². The highest BCUT2D eigenvalue weighted by molar-refractivity contribution is 14.1. The summed E-state index contributed by atoms with van der Waals surface area (Å²) in [5.74, 6) is -1.46. The van der Waals surface area contributed by atoms with Gasteiger partial charge in [0.15, 0.2) is 0 Å². The summed E-state index contributed by atoms with van der Waals surface area (Å²) in [6.07, 6.45) is 0.0801. The molecular weight excluding hydrogens is 577 g/mol. The average Bonchev–Trinajstić information content (AvgIpc) is 3.04. The number of carbonyl (C=O) groups excluding carboxylic acids is 2. The third kappa shape index (κ3) is 3.54. The maximum atomic E-state index is 14.4. The summed E-state index contributed by atoms with van der Waals surface area (Å²) in [5, 5.41) is 6.99. The zero-order valence-corrected chi connectivity index (χ0v) is 21.1. The summed E-state index contributed by atoms with van der Waals surface area (Å²) in [5.41, 5.74) is 2.21. The van der Waals surface area contributed by atoms with Gasteiger partial charge in [-0.25, -0.2) is 4.39 Å². The normalized spacial score (nSPS) is 23.9. The van der Waals surface area contributed by atoms with Crippen molar-refractivity contribution in [1.82, 2.24) is 5.32 Å². The molecule has 1 saturated heterocycles. The number of halogens is 4. The first-order chi connectivity index (χ1) is 15.7. The minimum absolute atomic E-state index is 0.0801. The Balaban J connectivity index is 1.86. The summed E-state index contributed by atoms with van der Waals surface area (Å²) >= 11 is 14.8. The molecule has 2 N–H and O–H groups in total. The number of amides is 2. The molecule has 2 heterocycles. The van der Waals surface area contributed by atoms with Gasteiger partial charge in [-0.15, -0.1) is 0 Å². The molecule has 1 fully saturated rings. The van der Waals surface area contributed by atoms with Crippen molar-refractivity contribution in [2.24, 2.45) is 0 Å². The zero-order chi connectivity index (χ0) is 23.5. The van der Waals surface area contributed by atoms with E-state index in [2.05, 4.69) is 33.2 Å². The highest BCUT2D eigenvalue weighted by Gasteiger charge is 2.61. The largest absolute Gasteiger partial charge is 0.348 e. The molecule has 3 atom stereocenters. The highest BCUT2D eigenvalue weighted by Crippen LogP contribution is 2.58. The van der Waals surface area contributed by atoms with Crippen molar-refractivity contribution in [3.8, 4) is 0 Å². The molecule has 3 aromatic rings. The summed E-state index contributed by atoms with van der Waals surface area (Å²) in [6, 6.07) is 14.3. The third-order valence-electron chi connectivity index (χ3n) is 6.64. The quantitative estimate of drug-likeness (QED) is 0.343. The Morgan fingerprint density at radius 1 is 1.00 bits per heavy atom. The molecule has 1 spiro atoms. The topological polar surface area (TPSA) is 58.2 Å². The summed E-state index contributed by atoms with van der Waals surface area (Å²) in [6.45, 7) is 1.84. The lowest BCUT2D eigenvalue weighted by Crippen LogP contribution is -2.57. The van der Waals surface area contributed by atoms with Gasteiger partial charge in [0.25, 0.3) is 0 Å². The molecule has 0 unspecified atom stereocenters. The first-order valence-electron chi connectivity index (χ1n) is 10.3. The first kappa shape index (κ1) is 22.6. The Labute approximate surface area is 214 Å². The van der Waals surface area contributed by atoms with E-state index in [9.17, 15) is 14.0 Å². The molecular formula is C25H18Cl2FIN2O2. The van der Waals surface area contributed by atoms with Crippen LogP contribution in [0.1, 0.15) is 40.6 Å². The predicted molar refractivity (Wildman–Crippen MR) is 135 cm³/mol. The van der Waals surface area contributed by atoms with Crippen molar-refractivity contribution in [2.75, 3.05) is 5.32 Å². The molecule has 2 amide bonds. The molecule has 0 saturated carbocycles. The fourth-order valence-corrected chi connectivity index (χ4v) is 6.29. The molecule has 0 aromatic heterocycles. The second-order valence-electron chi connectivity index (χ2n) is 8.44. The molecule has 2 aliphatic rings. The zero-order valence-electron chi connectivity index (χ0n) is 17.4. The summed E-state index contributed by atoms with van der Waals surface area (Å²) < 4.78 is 15.3. The average molecular weight is 595 g/mol. The van der Waals surface area contributed by atoms with Gasteiger partial charge in [-0.3, -0.25) is 9.59 Å². The number of piperidine rings is 1. The molecule has 5 rings (SSSR count). The van der Waals surface area contributed by atoms with E-state index in [4.69, 9.17) is 23.2 Å². The number of fused-ring (bicyclic) bond motifs is 2. The van der Waals surface area contributed by atoms with Gasteiger partial charge < -0.3 is 10.6 Å². The molecule has 33 heavy (non-hydrogen) atoms. The fraction of sp³-hybridized carbons (Fsp3) is 0.200. The number of aryl methyl sites for hydroxylation is 1. The lowest BCUT2D eigenvalue weighted by molar-refractivity contribution is -0.131. The molecule has 8 heteroatoms. The standard InChI is InChI=1S/C25H18Cl2FIN2O2/c1-12-2-5-15(28)10-16(12)23-25(18-6-3-14(27)9-21(18)30-24(25)33)19(11-22(32)31-23)17-8-13(26)4-7-20(17)29/h2-10,19,23H,11H2,1H3,(H,30,33)(H,31,32)/t19-,23-,25+/m1/s1. The molecule has 2 aliphatic heterocycles. The highest BCUT2D eigenvalue weighted by atomic mass is 127. The van der Waals surface area contributed by atoms with E-state index in [-0.39, 0.29) is 18.2 Å². The Bertz CT molecular complexity index is 1270. The molecule has 0 radical (unpaired) electrons. The van der Waals surface area contributed by atoms with Gasteiger partial charge in [0, 0.05) is 31.6 Å². The Hall–Kier alpha value is -2.16. The number of carbonyl (C=O) groups is 2. The van der Waals surface area contributed by atoms with E-state index in [1.54, 1.807) is 24.3 Å². The maximum absolute atomic E-state index is 14.4. The van der Waals surface area contributed by atoms with Gasteiger partial charge in [0.1, 0.15) is 11.2 Å². The van der Waals surface area contributed by atoms with Crippen molar-refractivity contribution >= 4 is 63.3 Å². The van der Waals surface area contributed by atoms with Crippen molar-refractivity contribution in [1.29, 1.82) is 0 Å². The number of anilines is 1. The van der Waals surface area contributed by atoms with Crippen LogP contribution >= 0.6 is 45.8 Å². The number of hydrogen-bond donors (Lipinski definition) is 2. The SMILES string of the molecule is Cc1ccc(F)cc1[C@H]1NC(=O)C[C@H](c2cc(Cl)ccc2I)[C@]12C(=O)Nc1cc(Cl)ccc12. The Morgan fingerprint density at radius 2 is 1.73 bits per heavy atom. The van der Waals surface area contributed by atoms with Crippen LogP contribution in [0.4, 0.5) is 10.1 Å². The van der Waals surface area contributed by atoms with Gasteiger partial charge in [0.2, 0.25) is 11.8 Å². The van der Waals surface area contributed by atoms with Crippen molar-refractivity contribution in [2.45, 2.75) is 30.7 Å². The minimum Gasteiger partial charge on any atom is -0.348 e. The fourth-order valence-electron chi connectivity index (χ4n) is 5.22. The van der Waals surface area contributed by atoms with Gasteiger partial charge in [-0.2, -0.15) is 0 Å². The van der Waals surface area contributed by atoms with E-state index in [0.717, 1.165) is 14.7 Å². The molecule has 3 aromatic carbocycles. The van der Waals surface area contributed by atoms with Gasteiger partial charge in [-0.05, 0) is 94.2 Å². The second kappa shape index (κ2) is 8.25. The van der Waals surface area contributed by atoms with Crippen LogP contribution in [0.5, 0.6) is 0 Å². The van der Waals surface area contributed by atoms with Crippen molar-refractivity contribution in [3.05, 3.63) is 96.3 Å². The van der Waals surface area contributed by atoms with Crippen LogP contribution < -0.4 is 10.6 Å². The minimum atomic E-state index is -1.23. The molecule has 0 aliphatic carbocycles. The van der Waals surface area contributed by atoms with Crippen LogP contribution in [-0.4, -0.2) is 11.8 Å². The van der Waals surface area contributed by atoms with E-state index in [1.807, 2.05) is 25.1 Å². The monoisotopic (exact) mass is 594 g/mol. The smallest absolute Gasteiger partial charge is 0.238 e. The Kier molecular flexibility index (Phi) is 5.66. The number of nitrogens with one attached hydrogen (secondary N) is 2. The van der Waals surface area contributed by atoms with Crippen LogP contribution in [0.2, 0.25) is 10.0 Å². The first-order valence-corrected chi connectivity index (χ1v) is 12.2. The molecule has 168 valence electrons. The van der Waals surface area contributed by atoms with Crippen LogP contribution in [0.25, 0.3) is 0 Å². The van der Waals surface area contributed by atoms with Crippen LogP contribution in [0.3, 0.4) is 0 Å². The number of hydrogen-bond acceptors (Lipinski definition) is 2. The lowest BCUT2D eigenvalue weighted by atomic mass is 9.59. The number of benzene rings is 3. The van der Waals surface area contributed by atoms with Gasteiger partial charge >= 0.3 is 0 Å². The summed E-state index contributed by atoms with van der Waals surface area (Å²) in [7, 11) is 0. The second-order valence-corrected chi connectivity index (χ2v) is 10.5. The van der Waals surface area contributed by atoms with Crippen LogP contribution in [-0.2, 0) is 15.0 Å². The maximum Gasteiger partial charge on any atom is 0.238 e. The molecule has 0 bridgehead atoms. The molecule has 4 nitrogen and oxygen atoms in total. The van der Waals surface area contributed by atoms with E-state index < -0.39 is 23.2 Å². The number of rotatable bonds is 2. The summed E-state index contributed by atoms with van der Waals surface area (Å²) in [4.78, 5) is 27.0. The van der Waals surface area contributed by atoms with E-state index >= 15 is 0 Å². The third-order valence-corrected chi connectivity index (χ3v) is 8.09. The van der Waals surface area contributed by atoms with Crippen LogP contribution in [0, 0.1) is 16.3 Å². The van der Waals surface area contributed by atoms with Crippen LogP contribution in [0.15, 0.2) is 54.6 Å².